The van der Waals surface area contributed by atoms with E-state index < -0.39 is 0 Å². The maximum absolute atomic E-state index is 11.0. The van der Waals surface area contributed by atoms with E-state index in [4.69, 9.17) is 14.2 Å². The van der Waals surface area contributed by atoms with E-state index in [2.05, 4.69) is 5.32 Å². The Balaban J connectivity index is 1.99. The summed E-state index contributed by atoms with van der Waals surface area (Å²) in [6.07, 6.45) is -0.447. The van der Waals surface area contributed by atoms with Gasteiger partial charge in [0.15, 0.2) is 6.29 Å². The Morgan fingerprint density at radius 2 is 2.50 bits per heavy atom. The number of hydrogen-bond acceptors (Lipinski definition) is 5. The van der Waals surface area contributed by atoms with Crippen LogP contribution in [0.1, 0.15) is 0 Å². The van der Waals surface area contributed by atoms with Gasteiger partial charge < -0.3 is 14.2 Å². The molecular formula is C7H11NO4. The quantitative estimate of drug-likeness (QED) is 0.509. The van der Waals surface area contributed by atoms with Crippen LogP contribution in [0.2, 0.25) is 0 Å². The minimum atomic E-state index is -0.295. The molecule has 1 N–H and O–H groups in total. The van der Waals surface area contributed by atoms with Gasteiger partial charge in [-0.05, 0) is 0 Å². The topological polar surface area (TPSA) is 56.8 Å². The third-order valence-electron chi connectivity index (χ3n) is 2.11. The molecule has 12 heavy (non-hydrogen) atoms. The zero-order valence-electron chi connectivity index (χ0n) is 6.78. The van der Waals surface area contributed by atoms with E-state index in [0.717, 1.165) is 0 Å². The van der Waals surface area contributed by atoms with E-state index >= 15 is 0 Å². The molecule has 0 saturated carbocycles. The maximum atomic E-state index is 11.0. The van der Waals surface area contributed by atoms with Crippen LogP contribution in [0.25, 0.3) is 0 Å². The first-order valence-corrected chi connectivity index (χ1v) is 3.89. The number of cyclic esters (lactones) is 1. The van der Waals surface area contributed by atoms with Crippen LogP contribution in [0.15, 0.2) is 0 Å². The standard InChI is InChI=1S/C7H11NO4/c1-10-5-2-8-6-4(12-5)3-11-7(6)9/h4-6,8H,2-3H2,1H3/t4-,5?,6-/m0/s1. The van der Waals surface area contributed by atoms with Crippen molar-refractivity contribution in [1.29, 1.82) is 0 Å². The molecule has 2 heterocycles. The Labute approximate surface area is 70.0 Å². The number of carbonyl (C=O) groups excluding carboxylic acids is 1. The average molecular weight is 173 g/mol. The molecule has 0 aromatic carbocycles. The van der Waals surface area contributed by atoms with Gasteiger partial charge in [-0.1, -0.05) is 0 Å². The van der Waals surface area contributed by atoms with Crippen molar-refractivity contribution in [3.05, 3.63) is 0 Å². The van der Waals surface area contributed by atoms with E-state index in [9.17, 15) is 4.79 Å². The fourth-order valence-electron chi connectivity index (χ4n) is 1.44. The van der Waals surface area contributed by atoms with E-state index in [1.54, 1.807) is 7.11 Å². The number of esters is 1. The Bertz CT molecular complexity index is 196. The Morgan fingerprint density at radius 1 is 1.67 bits per heavy atom. The lowest BCUT2D eigenvalue weighted by atomic mass is 10.2. The SMILES string of the molecule is COC1CN[C@@H]2C(=O)OC[C@@H]2O1. The van der Waals surface area contributed by atoms with Crippen molar-refractivity contribution < 1.29 is 19.0 Å². The van der Waals surface area contributed by atoms with E-state index in [-0.39, 0.29) is 24.4 Å². The number of nitrogens with one attached hydrogen (secondary N) is 1. The Kier molecular flexibility index (Phi) is 2.00. The van der Waals surface area contributed by atoms with Crippen LogP contribution >= 0.6 is 0 Å². The number of ether oxygens (including phenoxy) is 3. The predicted molar refractivity (Wildman–Crippen MR) is 38.4 cm³/mol. The zero-order valence-corrected chi connectivity index (χ0v) is 6.78. The minimum Gasteiger partial charge on any atom is -0.462 e. The van der Waals surface area contributed by atoms with Gasteiger partial charge in [-0.2, -0.15) is 0 Å². The van der Waals surface area contributed by atoms with Crippen molar-refractivity contribution in [2.45, 2.75) is 18.4 Å². The number of methoxy groups -OCH3 is 1. The van der Waals surface area contributed by atoms with Crippen molar-refractivity contribution >= 4 is 5.97 Å². The van der Waals surface area contributed by atoms with Crippen molar-refractivity contribution in [1.82, 2.24) is 5.32 Å². The first-order valence-electron chi connectivity index (χ1n) is 3.89. The fourth-order valence-corrected chi connectivity index (χ4v) is 1.44. The summed E-state index contributed by atoms with van der Waals surface area (Å²) in [5.41, 5.74) is 0. The second-order valence-electron chi connectivity index (χ2n) is 2.86. The van der Waals surface area contributed by atoms with Crippen LogP contribution in [0.3, 0.4) is 0 Å². The number of carbonyl (C=O) groups is 1. The second kappa shape index (κ2) is 3.01. The number of hydrogen-bond donors (Lipinski definition) is 1. The summed E-state index contributed by atoms with van der Waals surface area (Å²) in [6.45, 7) is 0.864. The first kappa shape index (κ1) is 7.97. The molecule has 2 saturated heterocycles. The van der Waals surface area contributed by atoms with Crippen molar-refractivity contribution in [2.24, 2.45) is 0 Å². The summed E-state index contributed by atoms with van der Waals surface area (Å²) in [7, 11) is 1.57. The van der Waals surface area contributed by atoms with Crippen LogP contribution in [0.5, 0.6) is 0 Å². The summed E-state index contributed by atoms with van der Waals surface area (Å²) < 4.78 is 15.2. The lowest BCUT2D eigenvalue weighted by molar-refractivity contribution is -0.175. The molecule has 5 nitrogen and oxygen atoms in total. The van der Waals surface area contributed by atoms with Gasteiger partial charge in [0.1, 0.15) is 18.8 Å². The molecule has 2 aliphatic heterocycles. The van der Waals surface area contributed by atoms with Gasteiger partial charge in [-0.15, -0.1) is 0 Å². The Morgan fingerprint density at radius 3 is 3.25 bits per heavy atom. The van der Waals surface area contributed by atoms with Crippen molar-refractivity contribution in [2.75, 3.05) is 20.3 Å². The highest BCUT2D eigenvalue weighted by molar-refractivity contribution is 5.78. The van der Waals surface area contributed by atoms with Gasteiger partial charge in [0, 0.05) is 13.7 Å². The fraction of sp³-hybridized carbons (Fsp3) is 0.857. The summed E-state index contributed by atoms with van der Waals surface area (Å²) in [5, 5.41) is 3.01. The van der Waals surface area contributed by atoms with Crippen LogP contribution in [-0.2, 0) is 19.0 Å². The summed E-state index contributed by atoms with van der Waals surface area (Å²) in [6, 6.07) is -0.295. The number of morpholine rings is 1. The van der Waals surface area contributed by atoms with Gasteiger partial charge in [-0.25, -0.2) is 0 Å². The molecule has 0 aromatic heterocycles. The molecule has 0 amide bonds. The molecule has 68 valence electrons. The first-order chi connectivity index (χ1) is 5.81. The molecule has 0 aliphatic carbocycles. The molecule has 1 unspecified atom stereocenters. The Hall–Kier alpha value is -0.650. The molecule has 5 heteroatoms. The molecule has 0 radical (unpaired) electrons. The third kappa shape index (κ3) is 1.20. The van der Waals surface area contributed by atoms with Crippen molar-refractivity contribution in [3.8, 4) is 0 Å². The summed E-state index contributed by atoms with van der Waals surface area (Å²) >= 11 is 0. The summed E-state index contributed by atoms with van der Waals surface area (Å²) in [4.78, 5) is 11.0. The number of fused-ring (bicyclic) bond motifs is 1. The van der Waals surface area contributed by atoms with Gasteiger partial charge >= 0.3 is 5.97 Å². The molecule has 0 bridgehead atoms. The van der Waals surface area contributed by atoms with Gasteiger partial charge in [-0.3, -0.25) is 10.1 Å². The van der Waals surface area contributed by atoms with E-state index in [1.807, 2.05) is 0 Å². The van der Waals surface area contributed by atoms with Crippen LogP contribution in [-0.4, -0.2) is 44.7 Å². The normalized spacial score (nSPS) is 40.8. The molecule has 0 aromatic rings. The van der Waals surface area contributed by atoms with E-state index in [1.165, 1.54) is 0 Å². The molecule has 2 rings (SSSR count). The molecular weight excluding hydrogens is 162 g/mol. The molecule has 3 atom stereocenters. The number of rotatable bonds is 1. The van der Waals surface area contributed by atoms with E-state index in [0.29, 0.717) is 13.2 Å². The van der Waals surface area contributed by atoms with Crippen LogP contribution in [0, 0.1) is 0 Å². The molecule has 2 fully saturated rings. The molecule has 2 aliphatic rings. The summed E-state index contributed by atoms with van der Waals surface area (Å²) in [5.74, 6) is -0.227. The largest absolute Gasteiger partial charge is 0.462 e. The highest BCUT2D eigenvalue weighted by Crippen LogP contribution is 2.17. The maximum Gasteiger partial charge on any atom is 0.326 e. The smallest absolute Gasteiger partial charge is 0.326 e. The van der Waals surface area contributed by atoms with Gasteiger partial charge in [0.25, 0.3) is 0 Å². The van der Waals surface area contributed by atoms with Gasteiger partial charge in [0.05, 0.1) is 0 Å². The monoisotopic (exact) mass is 173 g/mol. The zero-order chi connectivity index (χ0) is 8.55. The lowest BCUT2D eigenvalue weighted by Gasteiger charge is -2.29. The lowest BCUT2D eigenvalue weighted by Crippen LogP contribution is -2.53. The van der Waals surface area contributed by atoms with Crippen LogP contribution in [0.4, 0.5) is 0 Å². The predicted octanol–water partition coefficient (Wildman–Crippen LogP) is -1.13. The molecule has 0 spiro atoms. The average Bonchev–Trinajstić information content (AvgIpc) is 2.47. The highest BCUT2D eigenvalue weighted by Gasteiger charge is 2.42. The highest BCUT2D eigenvalue weighted by atomic mass is 16.7. The van der Waals surface area contributed by atoms with Crippen molar-refractivity contribution in [3.63, 3.8) is 0 Å². The van der Waals surface area contributed by atoms with Crippen LogP contribution < -0.4 is 5.32 Å². The minimum absolute atomic E-state index is 0.184. The third-order valence-corrected chi connectivity index (χ3v) is 2.11. The van der Waals surface area contributed by atoms with Gasteiger partial charge in [0.2, 0.25) is 0 Å². The second-order valence-corrected chi connectivity index (χ2v) is 2.86.